The molecule has 4 aromatic rings. The average Bonchev–Trinajstić information content (AvgIpc) is 3.25. The summed E-state index contributed by atoms with van der Waals surface area (Å²) in [4.78, 5) is 19.3. The van der Waals surface area contributed by atoms with Crippen molar-refractivity contribution in [3.63, 3.8) is 0 Å². The number of aryl methyl sites for hydroxylation is 1. The number of benzene rings is 1. The van der Waals surface area contributed by atoms with Gasteiger partial charge in [0.25, 0.3) is 0 Å². The molecule has 0 atom stereocenters. The number of hydrogen-bond acceptors (Lipinski definition) is 5. The zero-order chi connectivity index (χ0) is 22.9. The fraction of sp³-hybridized carbons (Fsp3) is 0.136. The fourth-order valence-corrected chi connectivity index (χ4v) is 4.43. The van der Waals surface area contributed by atoms with Crippen LogP contribution in [0.15, 0.2) is 83.2 Å². The number of imidazole rings is 1. The molecule has 3 heterocycles. The average molecular weight is 459 g/mol. The quantitative estimate of drug-likeness (QED) is 0.400. The topological polar surface area (TPSA) is 81.4 Å². The number of pyridine rings is 2. The van der Waals surface area contributed by atoms with Gasteiger partial charge in [-0.2, -0.15) is 13.2 Å². The highest BCUT2D eigenvalue weighted by Crippen LogP contribution is 2.31. The minimum atomic E-state index is -4.70. The standard InChI is InChI=1S/C22H16F3N3O3S/c23-22(24,25)17-11-19(13-26-12-17)32(30,31)18-5-1-15(2-6-18)3-7-20(29)16-4-8-21-27-9-10-28(21)14-16/h1-2,4-6,8-14H,3,7H2. The van der Waals surface area contributed by atoms with Crippen LogP contribution in [0.5, 0.6) is 0 Å². The summed E-state index contributed by atoms with van der Waals surface area (Å²) in [6.45, 7) is 0. The second-order valence-corrected chi connectivity index (χ2v) is 9.04. The van der Waals surface area contributed by atoms with Crippen LogP contribution in [0, 0.1) is 0 Å². The molecule has 0 unspecified atom stereocenters. The molecule has 1 aromatic carbocycles. The van der Waals surface area contributed by atoms with Crippen molar-refractivity contribution in [1.82, 2.24) is 14.4 Å². The molecule has 0 aliphatic rings. The summed E-state index contributed by atoms with van der Waals surface area (Å²) in [7, 11) is -4.17. The van der Waals surface area contributed by atoms with Crippen molar-refractivity contribution in [1.29, 1.82) is 0 Å². The van der Waals surface area contributed by atoms with Crippen LogP contribution < -0.4 is 0 Å². The third kappa shape index (κ3) is 4.40. The molecule has 0 saturated heterocycles. The monoisotopic (exact) mass is 459 g/mol. The van der Waals surface area contributed by atoms with Gasteiger partial charge in [0.2, 0.25) is 9.84 Å². The van der Waals surface area contributed by atoms with Crippen molar-refractivity contribution < 1.29 is 26.4 Å². The SMILES string of the molecule is O=C(CCc1ccc(S(=O)(=O)c2cncc(C(F)(F)F)c2)cc1)c1ccc2nccn2c1. The molecule has 3 aromatic heterocycles. The van der Waals surface area contributed by atoms with Crippen LogP contribution in [0.2, 0.25) is 0 Å². The second kappa shape index (κ2) is 8.19. The normalized spacial score (nSPS) is 12.2. The number of fused-ring (bicyclic) bond motifs is 1. The molecule has 10 heteroatoms. The van der Waals surface area contributed by atoms with Crippen molar-refractivity contribution in [3.05, 3.63) is 90.1 Å². The lowest BCUT2D eigenvalue weighted by molar-refractivity contribution is -0.138. The van der Waals surface area contributed by atoms with Gasteiger partial charge in [-0.25, -0.2) is 13.4 Å². The van der Waals surface area contributed by atoms with E-state index in [-0.39, 0.29) is 17.1 Å². The summed E-state index contributed by atoms with van der Waals surface area (Å²) in [5, 5.41) is 0. The summed E-state index contributed by atoms with van der Waals surface area (Å²) in [5.74, 6) is -0.0765. The molecule has 0 radical (unpaired) electrons. The Morgan fingerprint density at radius 3 is 2.47 bits per heavy atom. The number of ketones is 1. The predicted molar refractivity (Wildman–Crippen MR) is 109 cm³/mol. The van der Waals surface area contributed by atoms with Gasteiger partial charge in [0.1, 0.15) is 5.65 Å². The summed E-state index contributed by atoms with van der Waals surface area (Å²) in [6, 6.07) is 9.71. The number of aromatic nitrogens is 3. The van der Waals surface area contributed by atoms with Crippen molar-refractivity contribution in [2.24, 2.45) is 0 Å². The van der Waals surface area contributed by atoms with Crippen molar-refractivity contribution >= 4 is 21.3 Å². The highest BCUT2D eigenvalue weighted by atomic mass is 32.2. The van der Waals surface area contributed by atoms with Gasteiger partial charge in [0, 0.05) is 43.0 Å². The largest absolute Gasteiger partial charge is 0.417 e. The molecule has 164 valence electrons. The van der Waals surface area contributed by atoms with Crippen LogP contribution in [0.3, 0.4) is 0 Å². The van der Waals surface area contributed by atoms with Gasteiger partial charge in [0.15, 0.2) is 5.78 Å². The van der Waals surface area contributed by atoms with Crippen molar-refractivity contribution in [2.45, 2.75) is 28.8 Å². The third-order valence-corrected chi connectivity index (χ3v) is 6.67. The van der Waals surface area contributed by atoms with Crippen LogP contribution >= 0.6 is 0 Å². The number of nitrogens with zero attached hydrogens (tertiary/aromatic N) is 3. The number of carbonyl (C=O) groups excluding carboxylic acids is 1. The van der Waals surface area contributed by atoms with E-state index >= 15 is 0 Å². The molecule has 4 rings (SSSR count). The van der Waals surface area contributed by atoms with Crippen LogP contribution in [0.4, 0.5) is 13.2 Å². The lowest BCUT2D eigenvalue weighted by Gasteiger charge is -2.09. The minimum Gasteiger partial charge on any atom is -0.306 e. The molecule has 32 heavy (non-hydrogen) atoms. The van der Waals surface area contributed by atoms with Gasteiger partial charge in [-0.05, 0) is 42.3 Å². The Labute approximate surface area is 181 Å². The Morgan fingerprint density at radius 1 is 1.00 bits per heavy atom. The van der Waals surface area contributed by atoms with Crippen LogP contribution in [-0.2, 0) is 22.4 Å². The number of Topliss-reactive ketones (excluding diaryl/α,β-unsaturated/α-hetero) is 1. The molecular weight excluding hydrogens is 443 g/mol. The van der Waals surface area contributed by atoms with Gasteiger partial charge in [-0.3, -0.25) is 9.78 Å². The maximum absolute atomic E-state index is 12.9. The lowest BCUT2D eigenvalue weighted by Crippen LogP contribution is -2.09. The first-order chi connectivity index (χ1) is 15.1. The molecule has 0 aliphatic heterocycles. The van der Waals surface area contributed by atoms with Gasteiger partial charge in [-0.1, -0.05) is 12.1 Å². The maximum atomic E-state index is 12.9. The number of carbonyl (C=O) groups is 1. The maximum Gasteiger partial charge on any atom is 0.417 e. The highest BCUT2D eigenvalue weighted by molar-refractivity contribution is 7.91. The molecule has 0 bridgehead atoms. The molecule has 0 spiro atoms. The number of rotatable bonds is 6. The van der Waals surface area contributed by atoms with Crippen molar-refractivity contribution in [3.8, 4) is 0 Å². The molecule has 6 nitrogen and oxygen atoms in total. The van der Waals surface area contributed by atoms with Gasteiger partial charge >= 0.3 is 6.18 Å². The Hall–Kier alpha value is -3.53. The van der Waals surface area contributed by atoms with Gasteiger partial charge < -0.3 is 4.40 Å². The van der Waals surface area contributed by atoms with Crippen molar-refractivity contribution in [2.75, 3.05) is 0 Å². The number of halogens is 3. The van der Waals surface area contributed by atoms with E-state index < -0.39 is 26.5 Å². The Morgan fingerprint density at radius 2 is 1.75 bits per heavy atom. The molecule has 0 saturated carbocycles. The van der Waals surface area contributed by atoms with E-state index in [9.17, 15) is 26.4 Å². The number of sulfone groups is 1. The van der Waals surface area contributed by atoms with E-state index in [1.54, 1.807) is 47.3 Å². The van der Waals surface area contributed by atoms with Gasteiger partial charge in [-0.15, -0.1) is 0 Å². The number of hydrogen-bond donors (Lipinski definition) is 0. The van der Waals surface area contributed by atoms with E-state index in [0.29, 0.717) is 24.2 Å². The van der Waals surface area contributed by atoms with Crippen LogP contribution in [0.25, 0.3) is 5.65 Å². The fourth-order valence-electron chi connectivity index (χ4n) is 3.18. The summed E-state index contributed by atoms with van der Waals surface area (Å²) < 4.78 is 65.8. The molecular formula is C22H16F3N3O3S. The zero-order valence-electron chi connectivity index (χ0n) is 16.5. The van der Waals surface area contributed by atoms with E-state index in [2.05, 4.69) is 9.97 Å². The van der Waals surface area contributed by atoms with E-state index in [1.807, 2.05) is 0 Å². The lowest BCUT2D eigenvalue weighted by atomic mass is 10.0. The Bertz CT molecular complexity index is 1400. The molecule has 0 N–H and O–H groups in total. The molecule has 0 amide bonds. The summed E-state index contributed by atoms with van der Waals surface area (Å²) in [6.07, 6.45) is 2.43. The first-order valence-corrected chi connectivity index (χ1v) is 10.9. The van der Waals surface area contributed by atoms with Crippen LogP contribution in [-0.4, -0.2) is 28.6 Å². The minimum absolute atomic E-state index is 0.0765. The molecule has 0 fully saturated rings. The highest BCUT2D eigenvalue weighted by Gasteiger charge is 2.32. The second-order valence-electron chi connectivity index (χ2n) is 7.09. The Balaban J connectivity index is 1.47. The molecule has 0 aliphatic carbocycles. The number of alkyl halides is 3. The summed E-state index contributed by atoms with van der Waals surface area (Å²) >= 11 is 0. The smallest absolute Gasteiger partial charge is 0.306 e. The van der Waals surface area contributed by atoms with E-state index in [0.717, 1.165) is 17.4 Å². The van der Waals surface area contributed by atoms with Crippen LogP contribution in [0.1, 0.15) is 27.9 Å². The summed E-state index contributed by atoms with van der Waals surface area (Å²) in [5.41, 5.74) is 0.854. The first kappa shape index (κ1) is 21.7. The van der Waals surface area contributed by atoms with Gasteiger partial charge in [0.05, 0.1) is 15.4 Å². The first-order valence-electron chi connectivity index (χ1n) is 9.47. The van der Waals surface area contributed by atoms with E-state index in [4.69, 9.17) is 0 Å². The van der Waals surface area contributed by atoms with E-state index in [1.165, 1.54) is 12.1 Å². The Kier molecular flexibility index (Phi) is 5.55. The zero-order valence-corrected chi connectivity index (χ0v) is 17.3. The predicted octanol–water partition coefficient (Wildman–Crippen LogP) is 4.40. The third-order valence-electron chi connectivity index (χ3n) is 4.94.